The number of benzene rings is 1. The summed E-state index contributed by atoms with van der Waals surface area (Å²) in [6.07, 6.45) is 7.47. The molecule has 1 heterocycles. The number of rotatable bonds is 9. The largest absolute Gasteiger partial charge is 0.382 e. The molecule has 2 aromatic rings. The summed E-state index contributed by atoms with van der Waals surface area (Å²) in [7, 11) is -3.19. The van der Waals surface area contributed by atoms with Crippen LogP contribution < -0.4 is 15.4 Å². The fraction of sp³-hybridized carbons (Fsp3) is 0.438. The van der Waals surface area contributed by atoms with Gasteiger partial charge in [-0.2, -0.15) is 4.39 Å². The van der Waals surface area contributed by atoms with Crippen molar-refractivity contribution >= 4 is 53.8 Å². The molecule has 3 N–H and O–H groups in total. The zero-order chi connectivity index (χ0) is 21.1. The number of halogens is 3. The third-order valence-electron chi connectivity index (χ3n) is 3.66. The maximum absolute atomic E-state index is 14.5. The molecule has 0 saturated heterocycles. The maximum Gasteiger partial charge on any atom is 0.266 e. The minimum atomic E-state index is -4.29. The number of hydrogen-bond acceptors (Lipinski definition) is 6. The molecule has 12 heteroatoms. The minimum absolute atomic E-state index is 0.0602. The van der Waals surface area contributed by atoms with Gasteiger partial charge in [-0.3, -0.25) is 4.72 Å². The Morgan fingerprint density at radius 2 is 1.93 bits per heavy atom. The number of likely N-dealkylation sites (N-methyl/N-ethyl adjacent to an activating group) is 1. The predicted octanol–water partition coefficient (Wildman–Crippen LogP) is 3.57. The summed E-state index contributed by atoms with van der Waals surface area (Å²) < 4.78 is 54.3. The number of nitrogens with one attached hydrogen (secondary N) is 3. The van der Waals surface area contributed by atoms with Crippen LogP contribution in [-0.4, -0.2) is 57.6 Å². The van der Waals surface area contributed by atoms with Gasteiger partial charge in [-0.05, 0) is 43.7 Å². The Labute approximate surface area is 174 Å². The summed E-state index contributed by atoms with van der Waals surface area (Å²) in [4.78, 5) is 2.93. The standard InChI is InChI=1S/C16H23ClF2N4O2S3/c1-20-10(9-27(2,3)4)7-21-13-6-12(18)14(5-11(13)17)28(24,25)23-16-22-8-15(19)26-16/h5-6,8,10,20-21H,7,9H2,1-4H3,(H,22,23)/t10-/m1/s1. The second-order valence-electron chi connectivity index (χ2n) is 6.96. The van der Waals surface area contributed by atoms with Gasteiger partial charge in [0.25, 0.3) is 10.0 Å². The van der Waals surface area contributed by atoms with E-state index >= 15 is 0 Å². The van der Waals surface area contributed by atoms with Crippen LogP contribution in [0.3, 0.4) is 0 Å². The van der Waals surface area contributed by atoms with Gasteiger partial charge < -0.3 is 10.6 Å². The first-order valence-corrected chi connectivity index (χ1v) is 13.8. The van der Waals surface area contributed by atoms with Crippen molar-refractivity contribution in [3.63, 3.8) is 0 Å². The van der Waals surface area contributed by atoms with Gasteiger partial charge in [-0.1, -0.05) is 22.9 Å². The molecule has 0 radical (unpaired) electrons. The Kier molecular flexibility index (Phi) is 7.54. The third-order valence-corrected chi connectivity index (χ3v) is 7.56. The van der Waals surface area contributed by atoms with E-state index in [1.54, 1.807) is 0 Å². The van der Waals surface area contributed by atoms with Crippen LogP contribution in [0.2, 0.25) is 5.02 Å². The van der Waals surface area contributed by atoms with Crippen molar-refractivity contribution in [1.82, 2.24) is 10.3 Å². The molecular formula is C16H23ClF2N4O2S3. The van der Waals surface area contributed by atoms with E-state index in [-0.39, 0.29) is 16.2 Å². The van der Waals surface area contributed by atoms with Gasteiger partial charge in [0.2, 0.25) is 0 Å². The zero-order valence-electron chi connectivity index (χ0n) is 15.8. The highest BCUT2D eigenvalue weighted by atomic mass is 35.5. The van der Waals surface area contributed by atoms with Gasteiger partial charge in [0, 0.05) is 12.6 Å². The Bertz CT molecular complexity index is 932. The number of hydrogen-bond donors (Lipinski definition) is 3. The molecule has 2 rings (SSSR count). The first-order valence-electron chi connectivity index (χ1n) is 8.11. The number of nitrogens with zero attached hydrogens (tertiary/aromatic N) is 1. The van der Waals surface area contributed by atoms with Crippen LogP contribution in [0.4, 0.5) is 19.6 Å². The average molecular weight is 473 g/mol. The Balaban J connectivity index is 2.17. The lowest BCUT2D eigenvalue weighted by molar-refractivity contribution is 0.570. The molecule has 0 aliphatic carbocycles. The van der Waals surface area contributed by atoms with E-state index in [9.17, 15) is 17.2 Å². The number of anilines is 2. The molecule has 6 nitrogen and oxygen atoms in total. The highest BCUT2D eigenvalue weighted by Crippen LogP contribution is 2.35. The molecule has 28 heavy (non-hydrogen) atoms. The lowest BCUT2D eigenvalue weighted by Crippen LogP contribution is -2.37. The molecule has 1 atom stereocenters. The number of aromatic nitrogens is 1. The molecule has 0 aliphatic rings. The van der Waals surface area contributed by atoms with Gasteiger partial charge in [0.15, 0.2) is 10.3 Å². The van der Waals surface area contributed by atoms with Crippen LogP contribution >= 0.6 is 33.0 Å². The molecule has 1 aromatic heterocycles. The molecule has 0 spiro atoms. The van der Waals surface area contributed by atoms with Crippen LogP contribution in [0.15, 0.2) is 23.2 Å². The molecule has 1 aromatic carbocycles. The summed E-state index contributed by atoms with van der Waals surface area (Å²) >= 11 is 6.66. The van der Waals surface area contributed by atoms with Gasteiger partial charge in [-0.15, -0.1) is 0 Å². The van der Waals surface area contributed by atoms with Gasteiger partial charge >= 0.3 is 0 Å². The molecule has 0 bridgehead atoms. The number of thiazole rings is 1. The van der Waals surface area contributed by atoms with Crippen LogP contribution in [-0.2, 0) is 10.0 Å². The first-order chi connectivity index (χ1) is 12.9. The van der Waals surface area contributed by atoms with E-state index in [0.717, 1.165) is 24.1 Å². The monoisotopic (exact) mass is 472 g/mol. The topological polar surface area (TPSA) is 83.1 Å². The van der Waals surface area contributed by atoms with E-state index in [2.05, 4.69) is 34.4 Å². The van der Waals surface area contributed by atoms with Crippen molar-refractivity contribution < 1.29 is 17.2 Å². The summed E-state index contributed by atoms with van der Waals surface area (Å²) in [5, 5.41) is 5.47. The first kappa shape index (κ1) is 23.1. The van der Waals surface area contributed by atoms with Gasteiger partial charge in [0.05, 0.1) is 16.9 Å². The SMILES string of the molecule is CN[C@H](CNc1cc(F)c(S(=O)(=O)Nc2ncc(F)s2)cc1Cl)CS(C)(C)C. The Morgan fingerprint density at radius 3 is 2.46 bits per heavy atom. The van der Waals surface area contributed by atoms with E-state index in [1.807, 2.05) is 11.8 Å². The molecule has 158 valence electrons. The van der Waals surface area contributed by atoms with Crippen LogP contribution in [0, 0.1) is 10.9 Å². The molecule has 0 fully saturated rings. The van der Waals surface area contributed by atoms with E-state index in [1.165, 1.54) is 0 Å². The van der Waals surface area contributed by atoms with Gasteiger partial charge in [-0.25, -0.2) is 27.8 Å². The summed E-state index contributed by atoms with van der Waals surface area (Å²) in [5.74, 6) is -0.0175. The second-order valence-corrected chi connectivity index (χ2v) is 14.5. The maximum atomic E-state index is 14.5. The third kappa shape index (κ3) is 6.45. The summed E-state index contributed by atoms with van der Waals surface area (Å²) in [6.45, 7) is 0.503. The smallest absolute Gasteiger partial charge is 0.266 e. The predicted molar refractivity (Wildman–Crippen MR) is 116 cm³/mol. The molecule has 0 unspecified atom stereocenters. The van der Waals surface area contributed by atoms with E-state index in [0.29, 0.717) is 23.6 Å². The lowest BCUT2D eigenvalue weighted by Gasteiger charge is -2.31. The average Bonchev–Trinajstić information content (AvgIpc) is 2.96. The Hall–Kier alpha value is -1.14. The van der Waals surface area contributed by atoms with Crippen molar-refractivity contribution in [2.24, 2.45) is 0 Å². The second kappa shape index (κ2) is 9.12. The van der Waals surface area contributed by atoms with Crippen molar-refractivity contribution in [3.8, 4) is 0 Å². The number of sulfonamides is 1. The molecule has 0 saturated carbocycles. The normalized spacial score (nSPS) is 14.0. The molecule has 0 aliphatic heterocycles. The lowest BCUT2D eigenvalue weighted by atomic mass is 10.2. The van der Waals surface area contributed by atoms with Crippen molar-refractivity contribution in [2.45, 2.75) is 10.9 Å². The quantitative estimate of drug-likeness (QED) is 0.519. The van der Waals surface area contributed by atoms with Crippen molar-refractivity contribution in [1.29, 1.82) is 0 Å². The van der Waals surface area contributed by atoms with Crippen LogP contribution in [0.5, 0.6) is 0 Å². The van der Waals surface area contributed by atoms with Crippen LogP contribution in [0.1, 0.15) is 0 Å². The summed E-state index contributed by atoms with van der Waals surface area (Å²) in [5.41, 5.74) is 0.294. The molecular weight excluding hydrogens is 450 g/mol. The molecule has 0 amide bonds. The highest BCUT2D eigenvalue weighted by molar-refractivity contribution is 8.32. The fourth-order valence-corrected chi connectivity index (χ4v) is 6.08. The van der Waals surface area contributed by atoms with E-state index < -0.39 is 35.9 Å². The van der Waals surface area contributed by atoms with Crippen molar-refractivity contribution in [2.75, 3.05) is 48.2 Å². The van der Waals surface area contributed by atoms with E-state index in [4.69, 9.17) is 11.6 Å². The van der Waals surface area contributed by atoms with Crippen LogP contribution in [0.25, 0.3) is 0 Å². The minimum Gasteiger partial charge on any atom is -0.382 e. The van der Waals surface area contributed by atoms with Crippen molar-refractivity contribution in [3.05, 3.63) is 34.3 Å². The summed E-state index contributed by atoms with van der Waals surface area (Å²) in [6, 6.07) is 2.21. The fourth-order valence-electron chi connectivity index (χ4n) is 2.42. The zero-order valence-corrected chi connectivity index (χ0v) is 19.1. The van der Waals surface area contributed by atoms with Gasteiger partial charge in [0.1, 0.15) is 10.7 Å². The Morgan fingerprint density at radius 1 is 1.25 bits per heavy atom. The highest BCUT2D eigenvalue weighted by Gasteiger charge is 2.23.